The molecule has 0 amide bonds. The van der Waals surface area contributed by atoms with Crippen LogP contribution in [-0.2, 0) is 17.3 Å². The van der Waals surface area contributed by atoms with E-state index < -0.39 is 0 Å². The van der Waals surface area contributed by atoms with Crippen LogP contribution in [0.5, 0.6) is 5.75 Å². The highest BCUT2D eigenvalue weighted by Crippen LogP contribution is 2.33. The van der Waals surface area contributed by atoms with Crippen molar-refractivity contribution >= 4 is 11.6 Å². The van der Waals surface area contributed by atoms with Gasteiger partial charge in [-0.15, -0.1) is 0 Å². The molecule has 0 aliphatic carbocycles. The standard InChI is InChI=1S/C21H27ClO/c1-20(2,3)17-11-15(12-19(13-17)23-6)14-21(4,5)16-7-9-18(22)10-8-16/h7-13H,14H2,1-6H3. The summed E-state index contributed by atoms with van der Waals surface area (Å²) in [7, 11) is 1.73. The van der Waals surface area contributed by atoms with Gasteiger partial charge in [0.15, 0.2) is 0 Å². The van der Waals surface area contributed by atoms with Crippen molar-refractivity contribution in [2.24, 2.45) is 0 Å². The number of benzene rings is 2. The number of methoxy groups -OCH3 is 1. The second-order valence-electron chi connectivity index (χ2n) is 7.89. The van der Waals surface area contributed by atoms with Gasteiger partial charge in [-0.05, 0) is 58.2 Å². The minimum absolute atomic E-state index is 0.0338. The lowest BCUT2D eigenvalue weighted by Gasteiger charge is -2.27. The average molecular weight is 331 g/mol. The molecule has 2 rings (SSSR count). The summed E-state index contributed by atoms with van der Waals surface area (Å²) in [5.74, 6) is 0.930. The molecule has 0 radical (unpaired) electrons. The molecule has 0 aliphatic heterocycles. The molecule has 0 atom stereocenters. The molecule has 0 spiro atoms. The van der Waals surface area contributed by atoms with E-state index in [1.54, 1.807) is 7.11 Å². The molecule has 0 bridgehead atoms. The van der Waals surface area contributed by atoms with Crippen LogP contribution in [0.1, 0.15) is 51.3 Å². The number of rotatable bonds is 4. The van der Waals surface area contributed by atoms with Gasteiger partial charge >= 0.3 is 0 Å². The largest absolute Gasteiger partial charge is 0.497 e. The maximum atomic E-state index is 6.02. The fourth-order valence-electron chi connectivity index (χ4n) is 2.83. The molecule has 1 nitrogen and oxygen atoms in total. The van der Waals surface area contributed by atoms with Crippen molar-refractivity contribution in [3.05, 3.63) is 64.2 Å². The predicted molar refractivity (Wildman–Crippen MR) is 99.9 cm³/mol. The summed E-state index contributed by atoms with van der Waals surface area (Å²) in [4.78, 5) is 0. The summed E-state index contributed by atoms with van der Waals surface area (Å²) >= 11 is 6.02. The van der Waals surface area contributed by atoms with E-state index in [1.165, 1.54) is 16.7 Å². The highest BCUT2D eigenvalue weighted by Gasteiger charge is 2.23. The number of ether oxygens (including phenoxy) is 1. The van der Waals surface area contributed by atoms with E-state index in [-0.39, 0.29) is 10.8 Å². The molecule has 23 heavy (non-hydrogen) atoms. The van der Waals surface area contributed by atoms with Crippen molar-refractivity contribution in [2.75, 3.05) is 7.11 Å². The zero-order chi connectivity index (χ0) is 17.3. The van der Waals surface area contributed by atoms with E-state index in [4.69, 9.17) is 16.3 Å². The van der Waals surface area contributed by atoms with Gasteiger partial charge < -0.3 is 4.74 Å². The van der Waals surface area contributed by atoms with Crippen molar-refractivity contribution in [3.63, 3.8) is 0 Å². The Morgan fingerprint density at radius 2 is 1.48 bits per heavy atom. The summed E-state index contributed by atoms with van der Waals surface area (Å²) in [6.07, 6.45) is 0.953. The monoisotopic (exact) mass is 330 g/mol. The number of hydrogen-bond donors (Lipinski definition) is 0. The van der Waals surface area contributed by atoms with E-state index in [9.17, 15) is 0 Å². The molecule has 0 fully saturated rings. The van der Waals surface area contributed by atoms with Crippen molar-refractivity contribution in [3.8, 4) is 5.75 Å². The third-order valence-corrected chi connectivity index (χ3v) is 4.59. The van der Waals surface area contributed by atoms with Crippen LogP contribution in [0.15, 0.2) is 42.5 Å². The van der Waals surface area contributed by atoms with Crippen LogP contribution in [-0.4, -0.2) is 7.11 Å². The molecule has 0 aromatic heterocycles. The molecule has 124 valence electrons. The van der Waals surface area contributed by atoms with Gasteiger partial charge in [-0.2, -0.15) is 0 Å². The Bertz CT molecular complexity index is 663. The fraction of sp³-hybridized carbons (Fsp3) is 0.429. The first-order chi connectivity index (χ1) is 10.6. The van der Waals surface area contributed by atoms with Gasteiger partial charge in [0.25, 0.3) is 0 Å². The average Bonchev–Trinajstić information content (AvgIpc) is 2.46. The molecule has 0 N–H and O–H groups in total. The Morgan fingerprint density at radius 3 is 2.00 bits per heavy atom. The second-order valence-corrected chi connectivity index (χ2v) is 8.32. The number of halogens is 1. The summed E-state index contributed by atoms with van der Waals surface area (Å²) in [6.45, 7) is 11.2. The lowest BCUT2D eigenvalue weighted by atomic mass is 9.78. The van der Waals surface area contributed by atoms with Gasteiger partial charge in [-0.3, -0.25) is 0 Å². The van der Waals surface area contributed by atoms with Crippen molar-refractivity contribution in [1.29, 1.82) is 0 Å². The summed E-state index contributed by atoms with van der Waals surface area (Å²) in [5.41, 5.74) is 4.04. The SMILES string of the molecule is COc1cc(CC(C)(C)c2ccc(Cl)cc2)cc(C(C)(C)C)c1. The molecule has 2 aromatic rings. The normalized spacial score (nSPS) is 12.3. The van der Waals surface area contributed by atoms with Crippen LogP contribution in [0.3, 0.4) is 0 Å². The molecule has 0 saturated heterocycles. The van der Waals surface area contributed by atoms with Crippen LogP contribution >= 0.6 is 11.6 Å². The fourth-order valence-corrected chi connectivity index (χ4v) is 2.95. The van der Waals surface area contributed by atoms with E-state index >= 15 is 0 Å². The Kier molecular flexibility index (Phi) is 5.10. The summed E-state index contributed by atoms with van der Waals surface area (Å²) < 4.78 is 5.51. The van der Waals surface area contributed by atoms with Gasteiger partial charge in [0.05, 0.1) is 7.11 Å². The van der Waals surface area contributed by atoms with Gasteiger partial charge in [0.1, 0.15) is 5.75 Å². The van der Waals surface area contributed by atoms with Crippen LogP contribution in [0.25, 0.3) is 0 Å². The highest BCUT2D eigenvalue weighted by molar-refractivity contribution is 6.30. The predicted octanol–water partition coefficient (Wildman–Crippen LogP) is 6.17. The first-order valence-electron chi connectivity index (χ1n) is 8.06. The molecule has 2 aromatic carbocycles. The molecule has 0 saturated carbocycles. The molecule has 0 aliphatic rings. The highest BCUT2D eigenvalue weighted by atomic mass is 35.5. The minimum Gasteiger partial charge on any atom is -0.497 e. The molecule has 2 heteroatoms. The third kappa shape index (κ3) is 4.51. The lowest BCUT2D eigenvalue weighted by Crippen LogP contribution is -2.21. The molecular formula is C21H27ClO. The Balaban J connectivity index is 2.36. The maximum Gasteiger partial charge on any atom is 0.119 e. The topological polar surface area (TPSA) is 9.23 Å². The first kappa shape index (κ1) is 17.9. The van der Waals surface area contributed by atoms with Gasteiger partial charge in [-0.1, -0.05) is 64.4 Å². The van der Waals surface area contributed by atoms with Crippen molar-refractivity contribution in [1.82, 2.24) is 0 Å². The lowest BCUT2D eigenvalue weighted by molar-refractivity contribution is 0.411. The zero-order valence-electron chi connectivity index (χ0n) is 15.0. The van der Waals surface area contributed by atoms with E-state index in [0.29, 0.717) is 0 Å². The molecular weight excluding hydrogens is 304 g/mol. The van der Waals surface area contributed by atoms with Gasteiger partial charge in [-0.25, -0.2) is 0 Å². The molecule has 0 unspecified atom stereocenters. The summed E-state index contributed by atoms with van der Waals surface area (Å²) in [5, 5.41) is 0.779. The van der Waals surface area contributed by atoms with E-state index in [0.717, 1.165) is 17.2 Å². The van der Waals surface area contributed by atoms with Gasteiger partial charge in [0.2, 0.25) is 0 Å². The first-order valence-corrected chi connectivity index (χ1v) is 8.44. The Hall–Kier alpha value is -1.47. The number of hydrogen-bond acceptors (Lipinski definition) is 1. The quantitative estimate of drug-likeness (QED) is 0.651. The smallest absolute Gasteiger partial charge is 0.119 e. The van der Waals surface area contributed by atoms with E-state index in [1.807, 2.05) is 12.1 Å². The zero-order valence-corrected chi connectivity index (χ0v) is 15.8. The van der Waals surface area contributed by atoms with Crippen LogP contribution in [0.2, 0.25) is 5.02 Å². The molecule has 0 heterocycles. The third-order valence-electron chi connectivity index (χ3n) is 4.34. The van der Waals surface area contributed by atoms with Crippen LogP contribution < -0.4 is 4.74 Å². The van der Waals surface area contributed by atoms with Crippen molar-refractivity contribution in [2.45, 2.75) is 51.9 Å². The minimum atomic E-state index is 0.0338. The van der Waals surface area contributed by atoms with Crippen molar-refractivity contribution < 1.29 is 4.74 Å². The Morgan fingerprint density at radius 1 is 0.870 bits per heavy atom. The van der Waals surface area contributed by atoms with E-state index in [2.05, 4.69) is 65.0 Å². The summed E-state index contributed by atoms with van der Waals surface area (Å²) in [6, 6.07) is 14.8. The van der Waals surface area contributed by atoms with Gasteiger partial charge in [0, 0.05) is 5.02 Å². The van der Waals surface area contributed by atoms with Crippen LogP contribution in [0, 0.1) is 0 Å². The maximum absolute atomic E-state index is 6.02. The Labute approximate surface area is 145 Å². The van der Waals surface area contributed by atoms with Crippen LogP contribution in [0.4, 0.5) is 0 Å². The second kappa shape index (κ2) is 6.57.